The predicted molar refractivity (Wildman–Crippen MR) is 210 cm³/mol. The maximum Gasteiger partial charge on any atom is 0.266 e. The van der Waals surface area contributed by atoms with E-state index < -0.39 is 44.5 Å². The van der Waals surface area contributed by atoms with E-state index in [1.54, 1.807) is 42.5 Å². The molecule has 13 nitrogen and oxygen atoms in total. The van der Waals surface area contributed by atoms with Crippen LogP contribution in [0.4, 0.5) is 0 Å². The Bertz CT molecular complexity index is 3340. The van der Waals surface area contributed by atoms with Gasteiger partial charge >= 0.3 is 0 Å². The highest BCUT2D eigenvalue weighted by Gasteiger charge is 2.21. The van der Waals surface area contributed by atoms with Crippen molar-refractivity contribution in [1.82, 2.24) is 18.3 Å². The molecular weight excluding hydrogens is 704 g/mol. The summed E-state index contributed by atoms with van der Waals surface area (Å²) in [6.07, 6.45) is 0. The van der Waals surface area contributed by atoms with Crippen molar-refractivity contribution in [3.8, 4) is 22.9 Å². The van der Waals surface area contributed by atoms with Gasteiger partial charge in [-0.2, -0.15) is 0 Å². The first-order chi connectivity index (χ1) is 26.2. The van der Waals surface area contributed by atoms with Gasteiger partial charge in [0, 0.05) is 14.1 Å². The van der Waals surface area contributed by atoms with Gasteiger partial charge in [0.25, 0.3) is 44.5 Å². The molecule has 0 saturated carbocycles. The average Bonchev–Trinajstić information content (AvgIpc) is 3.74. The fourth-order valence-corrected chi connectivity index (χ4v) is 6.83. The van der Waals surface area contributed by atoms with Crippen molar-refractivity contribution in [3.05, 3.63) is 191 Å². The van der Waals surface area contributed by atoms with Crippen LogP contribution in [0.5, 0.6) is 11.5 Å². The number of ether oxygens (including phenoxy) is 1. The van der Waals surface area contributed by atoms with Crippen LogP contribution in [0.2, 0.25) is 0 Å². The quantitative estimate of drug-likeness (QED) is 0.264. The molecule has 0 aliphatic carbocycles. The van der Waals surface area contributed by atoms with E-state index in [-0.39, 0.29) is 43.1 Å². The molecule has 0 spiro atoms. The summed E-state index contributed by atoms with van der Waals surface area (Å²) in [5.74, 6) is 1.23. The number of hydrogen-bond donors (Lipinski definition) is 0. The van der Waals surface area contributed by atoms with Gasteiger partial charge in [-0.15, -0.1) is 0 Å². The van der Waals surface area contributed by atoms with Crippen molar-refractivity contribution in [1.29, 1.82) is 0 Å². The highest BCUT2D eigenvalue weighted by Crippen LogP contribution is 2.23. The molecule has 0 aliphatic rings. The lowest BCUT2D eigenvalue weighted by Crippen LogP contribution is -2.23. The molecule has 4 heterocycles. The van der Waals surface area contributed by atoms with E-state index in [1.165, 1.54) is 38.4 Å². The summed E-state index contributed by atoms with van der Waals surface area (Å²) in [4.78, 5) is 99.9. The summed E-state index contributed by atoms with van der Waals surface area (Å²) in [5, 5.41) is 1.11. The Balaban J connectivity index is 0.000000160. The molecule has 0 saturated heterocycles. The second-order valence-corrected chi connectivity index (χ2v) is 13.4. The van der Waals surface area contributed by atoms with E-state index in [0.717, 1.165) is 29.4 Å². The van der Waals surface area contributed by atoms with Gasteiger partial charge < -0.3 is 4.74 Å². The number of fused-ring (bicyclic) bond motifs is 4. The second-order valence-electron chi connectivity index (χ2n) is 13.4. The fraction of sp³-hybridized carbons (Fsp3) is 0.0952. The number of benzene rings is 5. The van der Waals surface area contributed by atoms with Crippen LogP contribution in [-0.4, -0.2) is 18.3 Å². The third kappa shape index (κ3) is 5.40. The molecule has 4 aromatic heterocycles. The zero-order chi connectivity index (χ0) is 39.0. The summed E-state index contributed by atoms with van der Waals surface area (Å²) in [7, 11) is 2.74. The molecule has 9 aromatic rings. The summed E-state index contributed by atoms with van der Waals surface area (Å²) in [6.45, 7) is 3.85. The summed E-state index contributed by atoms with van der Waals surface area (Å²) in [5.41, 5.74) is -1.08. The Morgan fingerprint density at radius 1 is 0.364 bits per heavy atom. The van der Waals surface area contributed by atoms with Gasteiger partial charge in [-0.1, -0.05) is 29.8 Å². The van der Waals surface area contributed by atoms with E-state index in [4.69, 9.17) is 4.74 Å². The molecule has 5 aromatic carbocycles. The van der Waals surface area contributed by atoms with Gasteiger partial charge in [-0.05, 0) is 92.2 Å². The molecule has 0 bridgehead atoms. The lowest BCUT2D eigenvalue weighted by molar-refractivity contribution is 0.482. The van der Waals surface area contributed by atoms with Crippen LogP contribution in [0.1, 0.15) is 11.1 Å². The number of rotatable bonds is 4. The molecule has 13 heteroatoms. The molecule has 0 radical (unpaired) electrons. The molecule has 0 N–H and O–H groups in total. The van der Waals surface area contributed by atoms with Crippen LogP contribution in [0, 0.1) is 13.8 Å². The van der Waals surface area contributed by atoms with Gasteiger partial charge in [0.2, 0.25) is 0 Å². The van der Waals surface area contributed by atoms with Crippen molar-refractivity contribution < 1.29 is 4.74 Å². The zero-order valence-corrected chi connectivity index (χ0v) is 29.7. The van der Waals surface area contributed by atoms with Crippen molar-refractivity contribution in [3.63, 3.8) is 0 Å². The number of hydrogen-bond acceptors (Lipinski definition) is 9. The summed E-state index contributed by atoms with van der Waals surface area (Å²) >= 11 is 0. The standard InChI is InChI=1S/C24H16N2O5.C18H12N2O4/c1-13-3-7-15(8-4-13)31-16-9-5-14(6-10-16)26-23(29)19-11-17-18(12-20(19)24(26)30)22(28)25(2)21(17)27;1-9-4-3-5-10(6-9)20-17(23)13-7-11-12(8-14(13)18(20)24)16(22)19(2)15(11)21/h3-12H,1-2H3;3-8H,1-2H3. The molecule has 0 atom stereocenters. The monoisotopic (exact) mass is 732 g/mol. The number of nitrogens with zero attached hydrogens (tertiary/aromatic N) is 4. The fourth-order valence-electron chi connectivity index (χ4n) is 6.83. The van der Waals surface area contributed by atoms with E-state index in [9.17, 15) is 38.4 Å². The molecule has 0 fully saturated rings. The van der Waals surface area contributed by atoms with Crippen molar-refractivity contribution >= 4 is 43.1 Å². The lowest BCUT2D eigenvalue weighted by Gasteiger charge is -2.07. The van der Waals surface area contributed by atoms with Gasteiger partial charge in [0.15, 0.2) is 0 Å². The molecule has 55 heavy (non-hydrogen) atoms. The summed E-state index contributed by atoms with van der Waals surface area (Å²) < 4.78 is 9.85. The van der Waals surface area contributed by atoms with Crippen LogP contribution in [0.25, 0.3) is 54.5 Å². The zero-order valence-electron chi connectivity index (χ0n) is 29.7. The molecule has 0 unspecified atom stereocenters. The minimum Gasteiger partial charge on any atom is -0.457 e. The smallest absolute Gasteiger partial charge is 0.266 e. The Morgan fingerprint density at radius 3 is 1.09 bits per heavy atom. The van der Waals surface area contributed by atoms with Crippen LogP contribution in [-0.2, 0) is 14.1 Å². The van der Waals surface area contributed by atoms with Gasteiger partial charge in [0.1, 0.15) is 11.5 Å². The molecule has 0 amide bonds. The normalized spacial score (nSPS) is 11.5. The third-order valence-electron chi connectivity index (χ3n) is 9.80. The van der Waals surface area contributed by atoms with Crippen molar-refractivity contribution in [2.45, 2.75) is 13.8 Å². The van der Waals surface area contributed by atoms with Crippen molar-refractivity contribution in [2.24, 2.45) is 14.1 Å². The maximum absolute atomic E-state index is 12.9. The minimum absolute atomic E-state index is 0.111. The van der Waals surface area contributed by atoms with Crippen LogP contribution in [0.3, 0.4) is 0 Å². The predicted octanol–water partition coefficient (Wildman–Crippen LogP) is 3.29. The Kier molecular flexibility index (Phi) is 7.88. The van der Waals surface area contributed by atoms with Crippen LogP contribution >= 0.6 is 0 Å². The largest absolute Gasteiger partial charge is 0.457 e. The molecule has 0 aliphatic heterocycles. The molecule has 9 rings (SSSR count). The van der Waals surface area contributed by atoms with Gasteiger partial charge in [-0.25, -0.2) is 9.13 Å². The number of aryl methyl sites for hydroxylation is 2. The Labute approximate surface area is 307 Å². The van der Waals surface area contributed by atoms with Gasteiger partial charge in [-0.3, -0.25) is 47.5 Å². The highest BCUT2D eigenvalue weighted by atomic mass is 16.5. The summed E-state index contributed by atoms with van der Waals surface area (Å²) in [6, 6.07) is 26.6. The topological polar surface area (TPSA) is 166 Å². The van der Waals surface area contributed by atoms with E-state index in [2.05, 4.69) is 0 Å². The Morgan fingerprint density at radius 2 is 0.709 bits per heavy atom. The minimum atomic E-state index is -0.537. The Hall–Kier alpha value is -7.54. The van der Waals surface area contributed by atoms with Crippen LogP contribution < -0.4 is 49.2 Å². The SMILES string of the molecule is Cc1ccc(Oc2ccc(-n3c(=O)c4cc5c(=O)n(C)c(=O)c5cc4c3=O)cc2)cc1.Cc1cccc(-n2c(=O)c3cc4c(=O)n(C)c(=O)c4cc3c2=O)c1. The maximum atomic E-state index is 12.9. The van der Waals surface area contributed by atoms with E-state index in [1.807, 2.05) is 44.2 Å². The highest BCUT2D eigenvalue weighted by molar-refractivity contribution is 5.99. The first kappa shape index (κ1) is 34.5. The van der Waals surface area contributed by atoms with E-state index >= 15 is 0 Å². The van der Waals surface area contributed by atoms with Crippen LogP contribution in [0.15, 0.2) is 135 Å². The van der Waals surface area contributed by atoms with E-state index in [0.29, 0.717) is 22.9 Å². The second kappa shape index (κ2) is 12.6. The molecular formula is C42H28N4O9. The lowest BCUT2D eigenvalue weighted by atomic mass is 10.1. The first-order valence-corrected chi connectivity index (χ1v) is 16.9. The average molecular weight is 733 g/mol. The van der Waals surface area contributed by atoms with Crippen molar-refractivity contribution in [2.75, 3.05) is 0 Å². The third-order valence-corrected chi connectivity index (χ3v) is 9.80. The number of aromatic nitrogens is 4. The van der Waals surface area contributed by atoms with Gasteiger partial charge in [0.05, 0.1) is 54.5 Å². The molecule has 270 valence electrons. The first-order valence-electron chi connectivity index (χ1n) is 16.9.